The number of aryl methyl sites for hydroxylation is 1. The van der Waals surface area contributed by atoms with Gasteiger partial charge in [0.05, 0.1) is 6.04 Å². The van der Waals surface area contributed by atoms with Crippen LogP contribution in [0.3, 0.4) is 0 Å². The minimum absolute atomic E-state index is 0. The zero-order chi connectivity index (χ0) is 14.1. The molecule has 1 aromatic heterocycles. The van der Waals surface area contributed by atoms with E-state index >= 15 is 0 Å². The summed E-state index contributed by atoms with van der Waals surface area (Å²) in [6.45, 7) is 2.74. The van der Waals surface area contributed by atoms with E-state index in [-0.39, 0.29) is 34.6 Å². The summed E-state index contributed by atoms with van der Waals surface area (Å²) < 4.78 is 5.17. The second kappa shape index (κ2) is 6.41. The summed E-state index contributed by atoms with van der Waals surface area (Å²) in [5, 5.41) is 6.87. The van der Waals surface area contributed by atoms with Gasteiger partial charge in [-0.15, -0.1) is 17.0 Å². The molecule has 2 heterocycles. The van der Waals surface area contributed by atoms with Crippen molar-refractivity contribution in [2.75, 3.05) is 11.9 Å². The van der Waals surface area contributed by atoms with Gasteiger partial charge in [-0.2, -0.15) is 0 Å². The van der Waals surface area contributed by atoms with Crippen molar-refractivity contribution in [1.29, 1.82) is 0 Å². The Balaban J connectivity index is 0.00000161. The smallest absolute Gasteiger partial charge is 0.336 e. The highest BCUT2D eigenvalue weighted by Crippen LogP contribution is 2.21. The molecule has 1 fully saturated rings. The summed E-state index contributed by atoms with van der Waals surface area (Å²) in [5.41, 5.74) is 1.62. The summed E-state index contributed by atoms with van der Waals surface area (Å²) >= 11 is 0. The Hall–Kier alpha value is -1.66. The number of anilines is 1. The molecule has 1 aliphatic rings. The molecule has 0 unspecified atom stereocenters. The maximum atomic E-state index is 12.0. The molecule has 112 valence electrons. The Morgan fingerprint density at radius 1 is 1.38 bits per heavy atom. The van der Waals surface area contributed by atoms with E-state index in [4.69, 9.17) is 4.42 Å². The van der Waals surface area contributed by atoms with E-state index in [1.807, 2.05) is 19.1 Å². The molecule has 0 saturated carbocycles. The van der Waals surface area contributed by atoms with E-state index in [1.165, 1.54) is 6.07 Å². The van der Waals surface area contributed by atoms with Crippen LogP contribution in [0.2, 0.25) is 0 Å². The van der Waals surface area contributed by atoms with Crippen LogP contribution in [0.15, 0.2) is 33.5 Å². The Morgan fingerprint density at radius 2 is 2.19 bits per heavy atom. The van der Waals surface area contributed by atoms with Gasteiger partial charge < -0.3 is 15.1 Å². The Bertz CT molecular complexity index is 720. The van der Waals surface area contributed by atoms with Crippen molar-refractivity contribution in [3.05, 3.63) is 40.2 Å². The largest absolute Gasteiger partial charge is 0.423 e. The molecule has 6 heteroatoms. The number of carbonyl (C=O) groups excluding carboxylic acids is 1. The van der Waals surface area contributed by atoms with Gasteiger partial charge in [0.25, 0.3) is 0 Å². The molecule has 3 rings (SSSR count). The zero-order valence-electron chi connectivity index (χ0n) is 11.6. The SMILES string of the molecule is Br.Cc1cc(=O)oc2cc(NC(=O)[C@@H]3CCCN3)ccc12. The molecule has 1 amide bonds. The molecule has 0 radical (unpaired) electrons. The van der Waals surface area contributed by atoms with Crippen molar-refractivity contribution in [3.63, 3.8) is 0 Å². The third-order valence-electron chi connectivity index (χ3n) is 3.60. The predicted molar refractivity (Wildman–Crippen MR) is 87.2 cm³/mol. The average Bonchev–Trinajstić information content (AvgIpc) is 2.91. The molecular weight excluding hydrogens is 336 g/mol. The van der Waals surface area contributed by atoms with E-state index in [2.05, 4.69) is 10.6 Å². The first-order chi connectivity index (χ1) is 9.63. The monoisotopic (exact) mass is 352 g/mol. The van der Waals surface area contributed by atoms with Crippen LogP contribution in [0.4, 0.5) is 5.69 Å². The van der Waals surface area contributed by atoms with Gasteiger partial charge in [-0.1, -0.05) is 0 Å². The van der Waals surface area contributed by atoms with Gasteiger partial charge in [0.1, 0.15) is 5.58 Å². The lowest BCUT2D eigenvalue weighted by Crippen LogP contribution is -2.35. The molecule has 21 heavy (non-hydrogen) atoms. The van der Waals surface area contributed by atoms with E-state index in [9.17, 15) is 9.59 Å². The van der Waals surface area contributed by atoms with E-state index < -0.39 is 0 Å². The molecule has 0 bridgehead atoms. The average molecular weight is 353 g/mol. The molecule has 0 aliphatic carbocycles. The maximum Gasteiger partial charge on any atom is 0.336 e. The number of rotatable bonds is 2. The van der Waals surface area contributed by atoms with Gasteiger partial charge >= 0.3 is 5.63 Å². The van der Waals surface area contributed by atoms with Crippen molar-refractivity contribution in [1.82, 2.24) is 5.32 Å². The summed E-state index contributed by atoms with van der Waals surface area (Å²) in [7, 11) is 0. The van der Waals surface area contributed by atoms with Crippen LogP contribution in [-0.2, 0) is 4.79 Å². The molecule has 2 aromatic rings. The van der Waals surface area contributed by atoms with Crippen LogP contribution in [0, 0.1) is 6.92 Å². The van der Waals surface area contributed by atoms with Gasteiger partial charge in [0.2, 0.25) is 5.91 Å². The number of amides is 1. The molecule has 2 N–H and O–H groups in total. The van der Waals surface area contributed by atoms with Gasteiger partial charge in [-0.25, -0.2) is 4.79 Å². The number of hydrogen-bond donors (Lipinski definition) is 2. The van der Waals surface area contributed by atoms with Crippen LogP contribution in [0.25, 0.3) is 11.0 Å². The van der Waals surface area contributed by atoms with Crippen LogP contribution < -0.4 is 16.3 Å². The lowest BCUT2D eigenvalue weighted by Gasteiger charge is -2.11. The number of hydrogen-bond acceptors (Lipinski definition) is 4. The second-order valence-corrected chi connectivity index (χ2v) is 5.10. The van der Waals surface area contributed by atoms with Crippen LogP contribution in [-0.4, -0.2) is 18.5 Å². The highest BCUT2D eigenvalue weighted by atomic mass is 79.9. The van der Waals surface area contributed by atoms with Gasteiger partial charge in [0, 0.05) is 23.2 Å². The zero-order valence-corrected chi connectivity index (χ0v) is 13.4. The lowest BCUT2D eigenvalue weighted by molar-refractivity contribution is -0.117. The number of nitrogens with one attached hydrogen (secondary N) is 2. The van der Waals surface area contributed by atoms with Crippen molar-refractivity contribution >= 4 is 39.5 Å². The molecule has 1 atom stereocenters. The molecule has 0 spiro atoms. The fourth-order valence-corrected chi connectivity index (χ4v) is 2.54. The molecule has 1 saturated heterocycles. The highest BCUT2D eigenvalue weighted by Gasteiger charge is 2.21. The highest BCUT2D eigenvalue weighted by molar-refractivity contribution is 8.93. The third-order valence-corrected chi connectivity index (χ3v) is 3.60. The molecular formula is C15H17BrN2O3. The number of halogens is 1. The van der Waals surface area contributed by atoms with Crippen molar-refractivity contribution < 1.29 is 9.21 Å². The fraction of sp³-hybridized carbons (Fsp3) is 0.333. The fourth-order valence-electron chi connectivity index (χ4n) is 2.54. The molecule has 1 aliphatic heterocycles. The minimum Gasteiger partial charge on any atom is -0.423 e. The first-order valence-corrected chi connectivity index (χ1v) is 6.72. The van der Waals surface area contributed by atoms with Crippen molar-refractivity contribution in [2.45, 2.75) is 25.8 Å². The summed E-state index contributed by atoms with van der Waals surface area (Å²) in [6.07, 6.45) is 1.87. The standard InChI is InChI=1S/C15H16N2O3.BrH/c1-9-7-14(18)20-13-8-10(4-5-11(9)13)17-15(19)12-3-2-6-16-12;/h4-5,7-8,12,16H,2-3,6H2,1H3,(H,17,19);1H/t12-;/m0./s1. The minimum atomic E-state index is -0.379. The van der Waals surface area contributed by atoms with Crippen LogP contribution >= 0.6 is 17.0 Å². The van der Waals surface area contributed by atoms with E-state index in [1.54, 1.807) is 6.07 Å². The normalized spacial score (nSPS) is 17.5. The molecule has 5 nitrogen and oxygen atoms in total. The second-order valence-electron chi connectivity index (χ2n) is 5.10. The Labute approximate surface area is 132 Å². The lowest BCUT2D eigenvalue weighted by atomic mass is 10.1. The number of benzene rings is 1. The first-order valence-electron chi connectivity index (χ1n) is 6.72. The maximum absolute atomic E-state index is 12.0. The van der Waals surface area contributed by atoms with Gasteiger partial charge in [-0.05, 0) is 44.0 Å². The van der Waals surface area contributed by atoms with Crippen molar-refractivity contribution in [2.24, 2.45) is 0 Å². The third kappa shape index (κ3) is 3.33. The van der Waals surface area contributed by atoms with E-state index in [0.717, 1.165) is 30.3 Å². The van der Waals surface area contributed by atoms with Gasteiger partial charge in [0.15, 0.2) is 0 Å². The number of fused-ring (bicyclic) bond motifs is 1. The van der Waals surface area contributed by atoms with Crippen molar-refractivity contribution in [3.8, 4) is 0 Å². The first kappa shape index (κ1) is 15.7. The topological polar surface area (TPSA) is 71.3 Å². The Kier molecular flexibility index (Phi) is 4.80. The number of carbonyl (C=O) groups is 1. The van der Waals surface area contributed by atoms with Gasteiger partial charge in [-0.3, -0.25) is 4.79 Å². The summed E-state index contributed by atoms with van der Waals surface area (Å²) in [4.78, 5) is 23.4. The quantitative estimate of drug-likeness (QED) is 0.814. The molecule has 1 aromatic carbocycles. The van der Waals surface area contributed by atoms with E-state index in [0.29, 0.717) is 11.3 Å². The van der Waals surface area contributed by atoms with Crippen LogP contribution in [0.5, 0.6) is 0 Å². The van der Waals surface area contributed by atoms with Crippen LogP contribution in [0.1, 0.15) is 18.4 Å². The predicted octanol–water partition coefficient (Wildman–Crippen LogP) is 2.37. The summed E-state index contributed by atoms with van der Waals surface area (Å²) in [5.74, 6) is -0.0446. The summed E-state index contributed by atoms with van der Waals surface area (Å²) in [6, 6.07) is 6.70. The Morgan fingerprint density at radius 3 is 2.90 bits per heavy atom.